The summed E-state index contributed by atoms with van der Waals surface area (Å²) in [5.41, 5.74) is 2.67. The second-order valence-electron chi connectivity index (χ2n) is 8.80. The molecule has 0 unspecified atom stereocenters. The first-order chi connectivity index (χ1) is 16.1. The minimum atomic E-state index is -0.574. The molecule has 8 heteroatoms. The molecule has 0 radical (unpaired) electrons. The van der Waals surface area contributed by atoms with E-state index in [2.05, 4.69) is 5.10 Å². The van der Waals surface area contributed by atoms with Crippen molar-refractivity contribution < 1.29 is 19.4 Å². The van der Waals surface area contributed by atoms with Gasteiger partial charge >= 0.3 is 0 Å². The Morgan fingerprint density at radius 1 is 1.18 bits per heavy atom. The van der Waals surface area contributed by atoms with Crippen molar-refractivity contribution in [3.8, 4) is 5.75 Å². The van der Waals surface area contributed by atoms with Gasteiger partial charge in [0.15, 0.2) is 0 Å². The van der Waals surface area contributed by atoms with E-state index in [1.54, 1.807) is 29.3 Å². The molecule has 2 saturated heterocycles. The first-order valence-corrected chi connectivity index (χ1v) is 11.5. The zero-order valence-electron chi connectivity index (χ0n) is 18.5. The van der Waals surface area contributed by atoms with E-state index in [4.69, 9.17) is 4.74 Å². The molecule has 2 aliphatic rings. The van der Waals surface area contributed by atoms with Crippen molar-refractivity contribution in [2.45, 2.75) is 25.4 Å². The van der Waals surface area contributed by atoms with Crippen molar-refractivity contribution in [2.75, 3.05) is 32.8 Å². The number of rotatable bonds is 7. The number of carbonyl (C=O) groups is 2. The number of amides is 2. The minimum absolute atomic E-state index is 0.0347. The van der Waals surface area contributed by atoms with Crippen LogP contribution in [0.2, 0.25) is 0 Å². The van der Waals surface area contributed by atoms with Crippen LogP contribution < -0.4 is 4.74 Å². The number of hydrogen-bond acceptors (Lipinski definition) is 5. The third-order valence-electron chi connectivity index (χ3n) is 6.58. The number of benzene rings is 1. The molecular weight excluding hydrogens is 420 g/mol. The highest BCUT2D eigenvalue weighted by molar-refractivity contribution is 5.94. The zero-order chi connectivity index (χ0) is 22.8. The lowest BCUT2D eigenvalue weighted by atomic mass is 9.96. The normalized spacial score (nSPS) is 20.7. The van der Waals surface area contributed by atoms with E-state index in [0.29, 0.717) is 50.4 Å². The number of aliphatic hydroxyl groups is 1. The SMILES string of the molecule is O=C1CCCN1CCOc1cccc(C(=O)N2C[C@@H](Cc3cccn4nccc34)[C@@H](O)C2)c1. The third kappa shape index (κ3) is 4.57. The number of hydrogen-bond donors (Lipinski definition) is 1. The van der Waals surface area contributed by atoms with Crippen LogP contribution in [0, 0.1) is 5.92 Å². The van der Waals surface area contributed by atoms with Crippen molar-refractivity contribution in [3.63, 3.8) is 0 Å². The molecular formula is C25H28N4O4. The average Bonchev–Trinajstić information content (AvgIpc) is 3.55. The van der Waals surface area contributed by atoms with Gasteiger partial charge in [-0.3, -0.25) is 9.59 Å². The Morgan fingerprint density at radius 3 is 2.94 bits per heavy atom. The Kier molecular flexibility index (Phi) is 6.00. The van der Waals surface area contributed by atoms with Gasteiger partial charge in [0.05, 0.1) is 18.2 Å². The number of β-amino-alcohol motifs (C(OH)–C–C–N with tert-alkyl or cyclic N) is 1. The van der Waals surface area contributed by atoms with Crippen LogP contribution in [0.1, 0.15) is 28.8 Å². The number of likely N-dealkylation sites (tertiary alicyclic amines) is 2. The number of carbonyl (C=O) groups excluding carboxylic acids is 2. The van der Waals surface area contributed by atoms with Gasteiger partial charge in [0.1, 0.15) is 12.4 Å². The number of fused-ring (bicyclic) bond motifs is 1. The van der Waals surface area contributed by atoms with Crippen LogP contribution in [0.5, 0.6) is 5.75 Å². The second-order valence-corrected chi connectivity index (χ2v) is 8.80. The molecule has 3 aromatic rings. The first-order valence-electron chi connectivity index (χ1n) is 11.5. The summed E-state index contributed by atoms with van der Waals surface area (Å²) in [6, 6.07) is 13.1. The molecule has 1 N–H and O–H groups in total. The number of aromatic nitrogens is 2. The first kappa shape index (κ1) is 21.5. The van der Waals surface area contributed by atoms with Gasteiger partial charge in [0.2, 0.25) is 5.91 Å². The highest BCUT2D eigenvalue weighted by Gasteiger charge is 2.34. The molecule has 5 rings (SSSR count). The Hall–Kier alpha value is -3.39. The second kappa shape index (κ2) is 9.23. The molecule has 2 atom stereocenters. The fourth-order valence-corrected chi connectivity index (χ4v) is 4.80. The standard InChI is InChI=1S/C25H28N4O4/c30-23-17-28(16-20(23)14-18-5-2-11-29-22(18)8-9-26-29)25(32)19-4-1-6-21(15-19)33-13-12-27-10-3-7-24(27)31/h1-2,4-6,8-9,11,15,20,23,30H,3,7,10,12-14,16-17H2/t20-,23+/m1/s1. The molecule has 2 amide bonds. The fourth-order valence-electron chi connectivity index (χ4n) is 4.80. The van der Waals surface area contributed by atoms with Crippen molar-refractivity contribution in [3.05, 3.63) is 66.0 Å². The predicted molar refractivity (Wildman–Crippen MR) is 122 cm³/mol. The highest BCUT2D eigenvalue weighted by atomic mass is 16.5. The van der Waals surface area contributed by atoms with E-state index in [1.165, 1.54) is 0 Å². The summed E-state index contributed by atoms with van der Waals surface area (Å²) < 4.78 is 7.63. The monoisotopic (exact) mass is 448 g/mol. The zero-order valence-corrected chi connectivity index (χ0v) is 18.5. The van der Waals surface area contributed by atoms with Gasteiger partial charge in [0, 0.05) is 49.9 Å². The fraction of sp³-hybridized carbons (Fsp3) is 0.400. The topological polar surface area (TPSA) is 87.4 Å². The van der Waals surface area contributed by atoms with E-state index >= 15 is 0 Å². The molecule has 33 heavy (non-hydrogen) atoms. The van der Waals surface area contributed by atoms with Crippen LogP contribution in [0.15, 0.2) is 54.9 Å². The van der Waals surface area contributed by atoms with E-state index in [-0.39, 0.29) is 17.7 Å². The Balaban J connectivity index is 1.20. The number of pyridine rings is 1. The molecule has 8 nitrogen and oxygen atoms in total. The average molecular weight is 449 g/mol. The van der Waals surface area contributed by atoms with E-state index in [1.807, 2.05) is 39.9 Å². The van der Waals surface area contributed by atoms with E-state index < -0.39 is 6.10 Å². The third-order valence-corrected chi connectivity index (χ3v) is 6.58. The predicted octanol–water partition coefficient (Wildman–Crippen LogP) is 2.01. The molecule has 0 aliphatic carbocycles. The van der Waals surface area contributed by atoms with Crippen molar-refractivity contribution in [2.24, 2.45) is 5.92 Å². The number of nitrogens with zero attached hydrogens (tertiary/aromatic N) is 4. The highest BCUT2D eigenvalue weighted by Crippen LogP contribution is 2.26. The summed E-state index contributed by atoms with van der Waals surface area (Å²) in [6.07, 6.45) is 5.29. The van der Waals surface area contributed by atoms with Crippen LogP contribution in [-0.4, -0.2) is 75.2 Å². The van der Waals surface area contributed by atoms with Gasteiger partial charge in [-0.1, -0.05) is 12.1 Å². The van der Waals surface area contributed by atoms with Crippen LogP contribution in [0.4, 0.5) is 0 Å². The Morgan fingerprint density at radius 2 is 2.09 bits per heavy atom. The van der Waals surface area contributed by atoms with Crippen LogP contribution >= 0.6 is 0 Å². The van der Waals surface area contributed by atoms with Crippen molar-refractivity contribution in [1.82, 2.24) is 19.4 Å². The summed E-state index contributed by atoms with van der Waals surface area (Å²) in [6.45, 7) is 2.55. The number of aliphatic hydroxyl groups excluding tert-OH is 1. The molecule has 2 fully saturated rings. The Labute approximate surface area is 192 Å². The van der Waals surface area contributed by atoms with E-state index in [9.17, 15) is 14.7 Å². The molecule has 172 valence electrons. The number of ether oxygens (including phenoxy) is 1. The van der Waals surface area contributed by atoms with Gasteiger partial charge in [0.25, 0.3) is 5.91 Å². The van der Waals surface area contributed by atoms with Crippen LogP contribution in [-0.2, 0) is 11.2 Å². The molecule has 1 aromatic carbocycles. The Bertz CT molecular complexity index is 1160. The maximum atomic E-state index is 13.1. The summed E-state index contributed by atoms with van der Waals surface area (Å²) in [5, 5.41) is 14.9. The van der Waals surface area contributed by atoms with Crippen molar-refractivity contribution in [1.29, 1.82) is 0 Å². The smallest absolute Gasteiger partial charge is 0.254 e. The van der Waals surface area contributed by atoms with Gasteiger partial charge in [-0.25, -0.2) is 4.52 Å². The van der Waals surface area contributed by atoms with Gasteiger partial charge in [-0.15, -0.1) is 0 Å². The lowest BCUT2D eigenvalue weighted by Crippen LogP contribution is -2.30. The molecule has 0 bridgehead atoms. The molecule has 0 spiro atoms. The molecule has 4 heterocycles. The van der Waals surface area contributed by atoms with E-state index in [0.717, 1.165) is 24.0 Å². The van der Waals surface area contributed by atoms with Gasteiger partial charge < -0.3 is 19.6 Å². The quantitative estimate of drug-likeness (QED) is 0.598. The summed E-state index contributed by atoms with van der Waals surface area (Å²) in [5.74, 6) is 0.636. The van der Waals surface area contributed by atoms with Gasteiger partial charge in [-0.2, -0.15) is 5.10 Å². The van der Waals surface area contributed by atoms with Crippen molar-refractivity contribution >= 4 is 17.3 Å². The maximum absolute atomic E-state index is 13.1. The molecule has 2 aromatic heterocycles. The largest absolute Gasteiger partial charge is 0.492 e. The molecule has 0 saturated carbocycles. The summed E-state index contributed by atoms with van der Waals surface area (Å²) in [4.78, 5) is 28.4. The lowest BCUT2D eigenvalue weighted by molar-refractivity contribution is -0.128. The summed E-state index contributed by atoms with van der Waals surface area (Å²) >= 11 is 0. The maximum Gasteiger partial charge on any atom is 0.254 e. The summed E-state index contributed by atoms with van der Waals surface area (Å²) in [7, 11) is 0. The lowest BCUT2D eigenvalue weighted by Gasteiger charge is -2.18. The van der Waals surface area contributed by atoms with Gasteiger partial charge in [-0.05, 0) is 48.7 Å². The minimum Gasteiger partial charge on any atom is -0.492 e. The van der Waals surface area contributed by atoms with Crippen LogP contribution in [0.3, 0.4) is 0 Å². The van der Waals surface area contributed by atoms with Crippen LogP contribution in [0.25, 0.3) is 5.52 Å². The molecule has 2 aliphatic heterocycles.